The fraction of sp³-hybridized carbons (Fsp3) is 0.294. The summed E-state index contributed by atoms with van der Waals surface area (Å²) in [5, 5.41) is 0. The summed E-state index contributed by atoms with van der Waals surface area (Å²) in [6.07, 6.45) is 11.5. The minimum Gasteiger partial charge on any atom is -0.0804 e. The van der Waals surface area contributed by atoms with Gasteiger partial charge in [0.1, 0.15) is 0 Å². The summed E-state index contributed by atoms with van der Waals surface area (Å²) in [5.74, 6) is 0. The van der Waals surface area contributed by atoms with Gasteiger partial charge in [0, 0.05) is 5.41 Å². The molecule has 1 aromatic carbocycles. The van der Waals surface area contributed by atoms with Crippen molar-refractivity contribution in [2.45, 2.75) is 26.7 Å². The average Bonchev–Trinajstić information content (AvgIpc) is 2.99. The Morgan fingerprint density at radius 2 is 1.88 bits per heavy atom. The van der Waals surface area contributed by atoms with Gasteiger partial charge in [-0.2, -0.15) is 0 Å². The minimum atomic E-state index is 0.138. The lowest BCUT2D eigenvalue weighted by Gasteiger charge is -2.28. The van der Waals surface area contributed by atoms with Gasteiger partial charge in [-0.15, -0.1) is 0 Å². The maximum atomic E-state index is 2.40. The van der Waals surface area contributed by atoms with Crippen LogP contribution in [-0.2, 0) is 6.42 Å². The quantitative estimate of drug-likeness (QED) is 0.689. The van der Waals surface area contributed by atoms with E-state index in [0.29, 0.717) is 0 Å². The predicted octanol–water partition coefficient (Wildman–Crippen LogP) is 4.54. The molecule has 0 heterocycles. The molecule has 2 aliphatic carbocycles. The van der Waals surface area contributed by atoms with E-state index in [4.69, 9.17) is 0 Å². The maximum absolute atomic E-state index is 2.40. The summed E-state index contributed by atoms with van der Waals surface area (Å²) < 4.78 is 0. The molecule has 0 saturated carbocycles. The van der Waals surface area contributed by atoms with E-state index >= 15 is 0 Å². The van der Waals surface area contributed by atoms with E-state index < -0.39 is 0 Å². The van der Waals surface area contributed by atoms with Crippen LogP contribution in [0.4, 0.5) is 0 Å². The molecule has 0 bridgehead atoms. The van der Waals surface area contributed by atoms with Crippen LogP contribution in [0.2, 0.25) is 0 Å². The second-order valence-electron chi connectivity index (χ2n) is 5.40. The Hall–Kier alpha value is -1.56. The van der Waals surface area contributed by atoms with Crippen LogP contribution in [0.5, 0.6) is 0 Å². The molecular weight excluding hydrogens is 204 g/mol. The molecule has 0 aliphatic heterocycles. The van der Waals surface area contributed by atoms with Crippen molar-refractivity contribution in [1.82, 2.24) is 0 Å². The highest BCUT2D eigenvalue weighted by molar-refractivity contribution is 5.79. The number of hydrogen-bond donors (Lipinski definition) is 0. The molecule has 0 unspecified atom stereocenters. The van der Waals surface area contributed by atoms with Crippen molar-refractivity contribution in [3.05, 3.63) is 65.3 Å². The smallest absolute Gasteiger partial charge is 0.0146 e. The number of fused-ring (bicyclic) bond motifs is 1. The van der Waals surface area contributed by atoms with Crippen LogP contribution in [0.3, 0.4) is 0 Å². The fourth-order valence-electron chi connectivity index (χ4n) is 2.95. The van der Waals surface area contributed by atoms with Crippen LogP contribution in [-0.4, -0.2) is 0 Å². The number of hydrogen-bond acceptors (Lipinski definition) is 0. The number of rotatable bonds is 2. The standard InChI is InChI=1S/C17H18/c1-17(2,14-8-4-5-9-14)16-12-11-13-7-3-6-10-15(13)16/h3-4,6-10,12H,5,11H2,1-2H3. The Morgan fingerprint density at radius 1 is 1.06 bits per heavy atom. The topological polar surface area (TPSA) is 0 Å². The van der Waals surface area contributed by atoms with Crippen LogP contribution in [0.25, 0.3) is 5.57 Å². The third-order valence-corrected chi connectivity index (χ3v) is 4.00. The van der Waals surface area contributed by atoms with Crippen LogP contribution < -0.4 is 0 Å². The molecule has 0 spiro atoms. The Morgan fingerprint density at radius 3 is 2.65 bits per heavy atom. The molecule has 0 nitrogen and oxygen atoms in total. The molecule has 0 radical (unpaired) electrons. The molecule has 0 aromatic heterocycles. The Labute approximate surface area is 103 Å². The van der Waals surface area contributed by atoms with Gasteiger partial charge in [-0.3, -0.25) is 0 Å². The van der Waals surface area contributed by atoms with Crippen molar-refractivity contribution < 1.29 is 0 Å². The lowest BCUT2D eigenvalue weighted by atomic mass is 9.75. The van der Waals surface area contributed by atoms with E-state index in [-0.39, 0.29) is 5.41 Å². The Bertz CT molecular complexity index is 539. The van der Waals surface area contributed by atoms with Gasteiger partial charge in [-0.05, 0) is 35.1 Å². The molecule has 0 saturated heterocycles. The van der Waals surface area contributed by atoms with Crippen molar-refractivity contribution in [2.75, 3.05) is 0 Å². The van der Waals surface area contributed by atoms with Crippen LogP contribution >= 0.6 is 0 Å². The zero-order valence-electron chi connectivity index (χ0n) is 10.5. The first-order chi connectivity index (χ1) is 8.19. The van der Waals surface area contributed by atoms with Gasteiger partial charge in [0.2, 0.25) is 0 Å². The summed E-state index contributed by atoms with van der Waals surface area (Å²) in [7, 11) is 0. The second-order valence-corrected chi connectivity index (χ2v) is 5.40. The summed E-state index contributed by atoms with van der Waals surface area (Å²) in [4.78, 5) is 0. The van der Waals surface area contributed by atoms with Gasteiger partial charge in [-0.1, -0.05) is 62.4 Å². The first kappa shape index (κ1) is 10.6. The molecule has 0 N–H and O–H groups in total. The molecule has 3 rings (SSSR count). The first-order valence-corrected chi connectivity index (χ1v) is 6.36. The molecule has 1 aromatic rings. The average molecular weight is 222 g/mol. The van der Waals surface area contributed by atoms with E-state index in [2.05, 4.69) is 62.4 Å². The molecule has 0 heteroatoms. The molecule has 86 valence electrons. The Kier molecular flexibility index (Phi) is 2.32. The fourth-order valence-corrected chi connectivity index (χ4v) is 2.95. The van der Waals surface area contributed by atoms with Crippen LogP contribution in [0, 0.1) is 5.41 Å². The monoisotopic (exact) mass is 222 g/mol. The van der Waals surface area contributed by atoms with E-state index in [9.17, 15) is 0 Å². The highest BCUT2D eigenvalue weighted by Crippen LogP contribution is 2.46. The largest absolute Gasteiger partial charge is 0.0804 e. The third kappa shape index (κ3) is 1.59. The van der Waals surface area contributed by atoms with Gasteiger partial charge in [0.15, 0.2) is 0 Å². The number of allylic oxidation sites excluding steroid dienone is 6. The summed E-state index contributed by atoms with van der Waals surface area (Å²) in [6, 6.07) is 8.78. The van der Waals surface area contributed by atoms with Crippen molar-refractivity contribution in [3.63, 3.8) is 0 Å². The van der Waals surface area contributed by atoms with Gasteiger partial charge in [-0.25, -0.2) is 0 Å². The molecule has 17 heavy (non-hydrogen) atoms. The second kappa shape index (κ2) is 3.73. The predicted molar refractivity (Wildman–Crippen MR) is 73.7 cm³/mol. The van der Waals surface area contributed by atoms with E-state index in [1.165, 1.54) is 22.3 Å². The van der Waals surface area contributed by atoms with Crippen molar-refractivity contribution >= 4 is 5.57 Å². The number of benzene rings is 1. The first-order valence-electron chi connectivity index (χ1n) is 6.36. The van der Waals surface area contributed by atoms with Crippen LogP contribution in [0.15, 0.2) is 54.1 Å². The van der Waals surface area contributed by atoms with E-state index in [0.717, 1.165) is 12.8 Å². The lowest BCUT2D eigenvalue weighted by Crippen LogP contribution is -2.14. The molecule has 0 atom stereocenters. The minimum absolute atomic E-state index is 0.138. The summed E-state index contributed by atoms with van der Waals surface area (Å²) in [5.41, 5.74) is 6.00. The normalized spacial score (nSPS) is 18.0. The highest BCUT2D eigenvalue weighted by Gasteiger charge is 2.31. The van der Waals surface area contributed by atoms with Gasteiger partial charge in [0.05, 0.1) is 0 Å². The highest BCUT2D eigenvalue weighted by atomic mass is 14.3. The molecular formula is C17H18. The van der Waals surface area contributed by atoms with Crippen molar-refractivity contribution in [3.8, 4) is 0 Å². The van der Waals surface area contributed by atoms with Crippen molar-refractivity contribution in [2.24, 2.45) is 5.41 Å². The summed E-state index contributed by atoms with van der Waals surface area (Å²) >= 11 is 0. The summed E-state index contributed by atoms with van der Waals surface area (Å²) in [6.45, 7) is 4.67. The maximum Gasteiger partial charge on any atom is 0.0146 e. The molecule has 0 amide bonds. The Balaban J connectivity index is 2.04. The zero-order valence-corrected chi connectivity index (χ0v) is 10.5. The third-order valence-electron chi connectivity index (χ3n) is 4.00. The SMILES string of the molecule is CC(C)(C1=CCC=C1)C1=CCc2ccccc21. The van der Waals surface area contributed by atoms with Gasteiger partial charge in [0.25, 0.3) is 0 Å². The van der Waals surface area contributed by atoms with Gasteiger partial charge < -0.3 is 0 Å². The van der Waals surface area contributed by atoms with Gasteiger partial charge >= 0.3 is 0 Å². The lowest BCUT2D eigenvalue weighted by molar-refractivity contribution is 0.620. The molecule has 2 aliphatic rings. The zero-order chi connectivity index (χ0) is 11.9. The van der Waals surface area contributed by atoms with E-state index in [1.54, 1.807) is 0 Å². The van der Waals surface area contributed by atoms with Crippen molar-refractivity contribution in [1.29, 1.82) is 0 Å². The molecule has 0 fully saturated rings. The van der Waals surface area contributed by atoms with E-state index in [1.807, 2.05) is 0 Å². The van der Waals surface area contributed by atoms with Crippen LogP contribution in [0.1, 0.15) is 31.4 Å².